The van der Waals surface area contributed by atoms with Crippen molar-refractivity contribution in [2.24, 2.45) is 0 Å². The fourth-order valence-electron chi connectivity index (χ4n) is 1.96. The monoisotopic (exact) mass is 284 g/mol. The number of pyridine rings is 1. The molecule has 4 heteroatoms. The molecule has 0 atom stereocenters. The molecule has 0 saturated carbocycles. The average molecular weight is 285 g/mol. The van der Waals surface area contributed by atoms with E-state index in [1.807, 2.05) is 13.0 Å². The molecule has 3 nitrogen and oxygen atoms in total. The first kappa shape index (κ1) is 11.9. The maximum atomic E-state index is 5.68. The van der Waals surface area contributed by atoms with E-state index in [2.05, 4.69) is 25.8 Å². The summed E-state index contributed by atoms with van der Waals surface area (Å²) >= 11 is 3.39. The molecule has 1 aliphatic rings. The van der Waals surface area contributed by atoms with Gasteiger partial charge in [0.1, 0.15) is 6.61 Å². The van der Waals surface area contributed by atoms with Gasteiger partial charge in [-0.05, 0) is 54.9 Å². The minimum atomic E-state index is 0.732. The van der Waals surface area contributed by atoms with Gasteiger partial charge in [0, 0.05) is 22.8 Å². The molecule has 0 bridgehead atoms. The molecule has 0 unspecified atom stereocenters. The molecule has 1 aromatic heterocycles. The van der Waals surface area contributed by atoms with E-state index in [0.29, 0.717) is 0 Å². The number of ether oxygens (including phenoxy) is 1. The smallest absolute Gasteiger partial charge is 0.216 e. The maximum absolute atomic E-state index is 5.68. The molecule has 1 aromatic rings. The van der Waals surface area contributed by atoms with E-state index in [-0.39, 0.29) is 0 Å². The van der Waals surface area contributed by atoms with Gasteiger partial charge in [-0.2, -0.15) is 0 Å². The molecule has 0 radical (unpaired) electrons. The third kappa shape index (κ3) is 3.19. The summed E-state index contributed by atoms with van der Waals surface area (Å²) < 4.78 is 6.68. The highest BCUT2D eigenvalue weighted by Gasteiger charge is 2.11. The molecule has 88 valence electrons. The van der Waals surface area contributed by atoms with E-state index in [4.69, 9.17) is 4.74 Å². The van der Waals surface area contributed by atoms with Crippen LogP contribution in [0.1, 0.15) is 18.4 Å². The van der Waals surface area contributed by atoms with Crippen LogP contribution in [0.4, 0.5) is 0 Å². The first-order valence-electron chi connectivity index (χ1n) is 5.73. The van der Waals surface area contributed by atoms with E-state index >= 15 is 0 Å². The lowest BCUT2D eigenvalue weighted by atomic mass is 10.3. The fraction of sp³-hybridized carbons (Fsp3) is 0.583. The van der Waals surface area contributed by atoms with Gasteiger partial charge >= 0.3 is 0 Å². The van der Waals surface area contributed by atoms with Gasteiger partial charge in [0.2, 0.25) is 5.88 Å². The molecule has 16 heavy (non-hydrogen) atoms. The van der Waals surface area contributed by atoms with Crippen molar-refractivity contribution in [1.82, 2.24) is 9.88 Å². The van der Waals surface area contributed by atoms with Crippen molar-refractivity contribution in [2.45, 2.75) is 19.8 Å². The van der Waals surface area contributed by atoms with Crippen molar-refractivity contribution in [3.8, 4) is 5.88 Å². The minimum Gasteiger partial charge on any atom is -0.476 e. The molecule has 1 saturated heterocycles. The molecule has 0 amide bonds. The van der Waals surface area contributed by atoms with Gasteiger partial charge in [-0.1, -0.05) is 0 Å². The number of nitrogens with zero attached hydrogens (tertiary/aromatic N) is 2. The van der Waals surface area contributed by atoms with Crippen molar-refractivity contribution in [3.63, 3.8) is 0 Å². The van der Waals surface area contributed by atoms with Gasteiger partial charge < -0.3 is 4.74 Å². The van der Waals surface area contributed by atoms with Crippen LogP contribution in [0.3, 0.4) is 0 Å². The fourth-order valence-corrected chi connectivity index (χ4v) is 2.40. The van der Waals surface area contributed by atoms with Crippen LogP contribution < -0.4 is 4.74 Å². The molecular formula is C12H17BrN2O. The topological polar surface area (TPSA) is 25.4 Å². The number of hydrogen-bond acceptors (Lipinski definition) is 3. The van der Waals surface area contributed by atoms with Crippen LogP contribution >= 0.6 is 15.9 Å². The van der Waals surface area contributed by atoms with Crippen LogP contribution in [0.5, 0.6) is 5.88 Å². The molecule has 2 rings (SSSR count). The van der Waals surface area contributed by atoms with Crippen molar-refractivity contribution >= 4 is 15.9 Å². The second-order valence-corrected chi connectivity index (χ2v) is 5.09. The van der Waals surface area contributed by atoms with Crippen LogP contribution in [0.2, 0.25) is 0 Å². The Morgan fingerprint density at radius 1 is 1.44 bits per heavy atom. The zero-order chi connectivity index (χ0) is 11.4. The number of halogens is 1. The van der Waals surface area contributed by atoms with Crippen LogP contribution in [-0.2, 0) is 0 Å². The lowest BCUT2D eigenvalue weighted by Crippen LogP contribution is -2.25. The third-order valence-electron chi connectivity index (χ3n) is 2.84. The van der Waals surface area contributed by atoms with Crippen LogP contribution in [0.15, 0.2) is 16.7 Å². The Morgan fingerprint density at radius 3 is 2.88 bits per heavy atom. The second kappa shape index (κ2) is 5.64. The van der Waals surface area contributed by atoms with Crippen molar-refractivity contribution in [2.75, 3.05) is 26.2 Å². The molecule has 0 aromatic carbocycles. The quantitative estimate of drug-likeness (QED) is 0.850. The lowest BCUT2D eigenvalue weighted by Gasteiger charge is -2.15. The summed E-state index contributed by atoms with van der Waals surface area (Å²) in [6, 6.07) is 2.03. The molecule has 0 spiro atoms. The van der Waals surface area contributed by atoms with Gasteiger partial charge in [-0.3, -0.25) is 4.90 Å². The highest BCUT2D eigenvalue weighted by atomic mass is 79.9. The molecule has 1 fully saturated rings. The SMILES string of the molecule is Cc1cc(Br)cnc1OCCN1CCCC1. The Morgan fingerprint density at radius 2 is 2.19 bits per heavy atom. The Labute approximate surface area is 105 Å². The van der Waals surface area contributed by atoms with Gasteiger partial charge in [-0.15, -0.1) is 0 Å². The number of aromatic nitrogens is 1. The number of aryl methyl sites for hydroxylation is 1. The summed E-state index contributed by atoms with van der Waals surface area (Å²) in [4.78, 5) is 6.69. The lowest BCUT2D eigenvalue weighted by molar-refractivity contribution is 0.231. The zero-order valence-electron chi connectivity index (χ0n) is 9.58. The van der Waals surface area contributed by atoms with E-state index in [9.17, 15) is 0 Å². The molecule has 1 aliphatic heterocycles. The standard InChI is InChI=1S/C12H17BrN2O/c1-10-8-11(13)9-14-12(10)16-7-6-15-4-2-3-5-15/h8-9H,2-7H2,1H3. The molecule has 2 heterocycles. The van der Waals surface area contributed by atoms with E-state index < -0.39 is 0 Å². The number of hydrogen-bond donors (Lipinski definition) is 0. The Balaban J connectivity index is 1.80. The van der Waals surface area contributed by atoms with Gasteiger partial charge in [0.25, 0.3) is 0 Å². The summed E-state index contributed by atoms with van der Waals surface area (Å²) in [5.74, 6) is 0.752. The Bertz CT molecular complexity index is 351. The van der Waals surface area contributed by atoms with Crippen molar-refractivity contribution < 1.29 is 4.74 Å². The van der Waals surface area contributed by atoms with Gasteiger partial charge in [-0.25, -0.2) is 4.98 Å². The summed E-state index contributed by atoms with van der Waals surface area (Å²) in [7, 11) is 0. The van der Waals surface area contributed by atoms with Crippen molar-refractivity contribution in [3.05, 3.63) is 22.3 Å². The van der Waals surface area contributed by atoms with Gasteiger partial charge in [0.15, 0.2) is 0 Å². The van der Waals surface area contributed by atoms with Crippen molar-refractivity contribution in [1.29, 1.82) is 0 Å². The van der Waals surface area contributed by atoms with Crippen LogP contribution in [0.25, 0.3) is 0 Å². The number of likely N-dealkylation sites (tertiary alicyclic amines) is 1. The van der Waals surface area contributed by atoms with E-state index in [1.165, 1.54) is 25.9 Å². The largest absolute Gasteiger partial charge is 0.476 e. The third-order valence-corrected chi connectivity index (χ3v) is 3.28. The predicted octanol–water partition coefficient (Wildman–Crippen LogP) is 2.63. The van der Waals surface area contributed by atoms with E-state index in [1.54, 1.807) is 6.20 Å². The average Bonchev–Trinajstić information content (AvgIpc) is 2.74. The summed E-state index contributed by atoms with van der Waals surface area (Å²) in [5.41, 5.74) is 1.08. The predicted molar refractivity (Wildman–Crippen MR) is 67.8 cm³/mol. The Kier molecular flexibility index (Phi) is 4.18. The summed E-state index contributed by atoms with van der Waals surface area (Å²) in [6.45, 7) is 6.20. The molecule has 0 N–H and O–H groups in total. The first-order valence-corrected chi connectivity index (χ1v) is 6.52. The zero-order valence-corrected chi connectivity index (χ0v) is 11.2. The minimum absolute atomic E-state index is 0.732. The Hall–Kier alpha value is -0.610. The maximum Gasteiger partial charge on any atom is 0.216 e. The summed E-state index contributed by atoms with van der Waals surface area (Å²) in [5, 5.41) is 0. The highest BCUT2D eigenvalue weighted by molar-refractivity contribution is 9.10. The van der Waals surface area contributed by atoms with Crippen LogP contribution in [0, 0.1) is 6.92 Å². The van der Waals surface area contributed by atoms with Crippen LogP contribution in [-0.4, -0.2) is 36.1 Å². The normalized spacial score (nSPS) is 16.6. The first-order chi connectivity index (χ1) is 7.75. The second-order valence-electron chi connectivity index (χ2n) is 4.17. The van der Waals surface area contributed by atoms with Gasteiger partial charge in [0.05, 0.1) is 0 Å². The summed E-state index contributed by atoms with van der Waals surface area (Å²) in [6.07, 6.45) is 4.43. The molecular weight excluding hydrogens is 268 g/mol. The molecule has 0 aliphatic carbocycles. The number of rotatable bonds is 4. The highest BCUT2D eigenvalue weighted by Crippen LogP contribution is 2.18. The van der Waals surface area contributed by atoms with E-state index in [0.717, 1.165) is 29.1 Å².